The number of carbonyl (C=O) groups excluding carboxylic acids is 2. The molecule has 0 saturated carbocycles. The smallest absolute Gasteiger partial charge is 0.271 e. The fraction of sp³-hybridized carbons (Fsp3) is 0.471. The highest BCUT2D eigenvalue weighted by Gasteiger charge is 2.37. The van der Waals surface area contributed by atoms with Crippen LogP contribution in [0.2, 0.25) is 0 Å². The molecule has 1 atom stereocenters. The lowest BCUT2D eigenvalue weighted by atomic mass is 10.1. The van der Waals surface area contributed by atoms with Gasteiger partial charge in [-0.2, -0.15) is 0 Å². The van der Waals surface area contributed by atoms with E-state index < -0.39 is 6.04 Å². The predicted octanol–water partition coefficient (Wildman–Crippen LogP) is 1.11. The minimum absolute atomic E-state index is 0.00497. The third-order valence-electron chi connectivity index (χ3n) is 4.70. The number of hydrogen-bond donors (Lipinski definition) is 1. The molecule has 1 unspecified atom stereocenters. The van der Waals surface area contributed by atoms with Gasteiger partial charge < -0.3 is 15.0 Å². The second kappa shape index (κ2) is 7.46. The standard InChI is InChI=1S/C17H19N5O3S/c23-15(14-10-26-16(21-14)13-9-18-4-5-19-13)20-12-1-6-22(17(12)24)11-2-7-25-8-3-11/h4-5,9-12H,1-3,6-8H2,(H,20,23). The van der Waals surface area contributed by atoms with Gasteiger partial charge in [0.2, 0.25) is 5.91 Å². The summed E-state index contributed by atoms with van der Waals surface area (Å²) in [5.41, 5.74) is 0.923. The average Bonchev–Trinajstić information content (AvgIpc) is 3.31. The average molecular weight is 373 g/mol. The molecule has 2 saturated heterocycles. The van der Waals surface area contributed by atoms with Crippen LogP contribution in [0.4, 0.5) is 0 Å². The van der Waals surface area contributed by atoms with E-state index in [1.807, 2.05) is 4.90 Å². The Balaban J connectivity index is 1.39. The number of nitrogens with zero attached hydrogens (tertiary/aromatic N) is 4. The number of nitrogens with one attached hydrogen (secondary N) is 1. The zero-order valence-electron chi connectivity index (χ0n) is 14.1. The van der Waals surface area contributed by atoms with Crippen LogP contribution in [-0.2, 0) is 9.53 Å². The first-order valence-corrected chi connectivity index (χ1v) is 9.51. The van der Waals surface area contributed by atoms with Gasteiger partial charge in [-0.1, -0.05) is 0 Å². The largest absolute Gasteiger partial charge is 0.381 e. The van der Waals surface area contributed by atoms with Gasteiger partial charge in [-0.3, -0.25) is 19.6 Å². The molecule has 0 aromatic carbocycles. The Morgan fingerprint density at radius 2 is 2.12 bits per heavy atom. The van der Waals surface area contributed by atoms with E-state index in [-0.39, 0.29) is 17.9 Å². The zero-order valence-corrected chi connectivity index (χ0v) is 14.9. The molecule has 8 nitrogen and oxygen atoms in total. The van der Waals surface area contributed by atoms with Crippen LogP contribution in [0, 0.1) is 0 Å². The van der Waals surface area contributed by atoms with Crippen LogP contribution in [0.1, 0.15) is 29.8 Å². The van der Waals surface area contributed by atoms with Crippen LogP contribution < -0.4 is 5.32 Å². The Labute approximate surface area is 154 Å². The molecule has 0 spiro atoms. The summed E-state index contributed by atoms with van der Waals surface area (Å²) in [6.45, 7) is 2.06. The van der Waals surface area contributed by atoms with Gasteiger partial charge in [0, 0.05) is 43.6 Å². The quantitative estimate of drug-likeness (QED) is 0.862. The molecule has 2 amide bonds. The summed E-state index contributed by atoms with van der Waals surface area (Å²) in [6, 6.07) is -0.257. The van der Waals surface area contributed by atoms with Gasteiger partial charge in [0.15, 0.2) is 0 Å². The molecule has 4 rings (SSSR count). The SMILES string of the molecule is O=C(NC1CCN(C2CCOCC2)C1=O)c1csc(-c2cnccn2)n1. The van der Waals surface area contributed by atoms with Gasteiger partial charge in [0.1, 0.15) is 22.4 Å². The summed E-state index contributed by atoms with van der Waals surface area (Å²) in [5, 5.41) is 5.13. The first-order valence-electron chi connectivity index (χ1n) is 8.63. The van der Waals surface area contributed by atoms with E-state index >= 15 is 0 Å². The summed E-state index contributed by atoms with van der Waals surface area (Å²) < 4.78 is 5.36. The van der Waals surface area contributed by atoms with E-state index in [1.54, 1.807) is 24.0 Å². The van der Waals surface area contributed by atoms with E-state index in [1.165, 1.54) is 11.3 Å². The summed E-state index contributed by atoms with van der Waals surface area (Å²) in [5.74, 6) is -0.335. The minimum atomic E-state index is -0.480. The van der Waals surface area contributed by atoms with Crippen LogP contribution in [-0.4, -0.2) is 63.5 Å². The number of amides is 2. The fourth-order valence-electron chi connectivity index (χ4n) is 3.33. The first-order chi connectivity index (χ1) is 12.7. The molecule has 26 heavy (non-hydrogen) atoms. The van der Waals surface area contributed by atoms with E-state index in [4.69, 9.17) is 4.74 Å². The number of ether oxygens (including phenoxy) is 1. The molecule has 2 aliphatic rings. The third kappa shape index (κ3) is 3.45. The molecule has 4 heterocycles. The highest BCUT2D eigenvalue weighted by molar-refractivity contribution is 7.13. The van der Waals surface area contributed by atoms with Crippen LogP contribution in [0.3, 0.4) is 0 Å². The van der Waals surface area contributed by atoms with E-state index in [9.17, 15) is 9.59 Å². The fourth-order valence-corrected chi connectivity index (χ4v) is 4.09. The number of rotatable bonds is 4. The van der Waals surface area contributed by atoms with Crippen molar-refractivity contribution in [1.82, 2.24) is 25.2 Å². The molecule has 2 fully saturated rings. The van der Waals surface area contributed by atoms with Crippen molar-refractivity contribution in [2.24, 2.45) is 0 Å². The number of hydrogen-bond acceptors (Lipinski definition) is 7. The minimum Gasteiger partial charge on any atom is -0.381 e. The molecule has 1 N–H and O–H groups in total. The second-order valence-electron chi connectivity index (χ2n) is 6.32. The number of thiazole rings is 1. The molecule has 9 heteroatoms. The Bertz CT molecular complexity index is 791. The molecular formula is C17H19N5O3S. The molecule has 0 aliphatic carbocycles. The van der Waals surface area contributed by atoms with E-state index in [0.29, 0.717) is 42.6 Å². The van der Waals surface area contributed by atoms with Gasteiger partial charge >= 0.3 is 0 Å². The summed E-state index contributed by atoms with van der Waals surface area (Å²) in [7, 11) is 0. The topological polar surface area (TPSA) is 97.3 Å². The summed E-state index contributed by atoms with van der Waals surface area (Å²) >= 11 is 1.33. The van der Waals surface area contributed by atoms with Crippen molar-refractivity contribution in [2.75, 3.05) is 19.8 Å². The molecule has 2 aromatic rings. The first kappa shape index (κ1) is 17.0. The lowest BCUT2D eigenvalue weighted by molar-refractivity contribution is -0.132. The molecule has 0 radical (unpaired) electrons. The van der Waals surface area contributed by atoms with Crippen molar-refractivity contribution in [2.45, 2.75) is 31.3 Å². The Kier molecular flexibility index (Phi) is 4.89. The Morgan fingerprint density at radius 1 is 1.27 bits per heavy atom. The highest BCUT2D eigenvalue weighted by Crippen LogP contribution is 2.23. The van der Waals surface area contributed by atoms with Crippen molar-refractivity contribution in [1.29, 1.82) is 0 Å². The second-order valence-corrected chi connectivity index (χ2v) is 7.18. The lowest BCUT2D eigenvalue weighted by Gasteiger charge is -2.31. The maximum absolute atomic E-state index is 12.6. The third-order valence-corrected chi connectivity index (χ3v) is 5.56. The van der Waals surface area contributed by atoms with Gasteiger partial charge in [-0.05, 0) is 19.3 Å². The van der Waals surface area contributed by atoms with Gasteiger partial charge in [0.05, 0.1) is 6.20 Å². The van der Waals surface area contributed by atoms with E-state index in [0.717, 1.165) is 12.8 Å². The predicted molar refractivity (Wildman–Crippen MR) is 94.6 cm³/mol. The molecule has 136 valence electrons. The van der Waals surface area contributed by atoms with Gasteiger partial charge in [-0.15, -0.1) is 11.3 Å². The van der Waals surface area contributed by atoms with E-state index in [2.05, 4.69) is 20.3 Å². The van der Waals surface area contributed by atoms with Crippen molar-refractivity contribution in [3.8, 4) is 10.7 Å². The lowest BCUT2D eigenvalue weighted by Crippen LogP contribution is -2.46. The monoisotopic (exact) mass is 373 g/mol. The number of carbonyl (C=O) groups is 2. The summed E-state index contributed by atoms with van der Waals surface area (Å²) in [6.07, 6.45) is 7.12. The normalized spacial score (nSPS) is 21.2. The highest BCUT2D eigenvalue weighted by atomic mass is 32.1. The zero-order chi connectivity index (χ0) is 17.9. The molecule has 2 aromatic heterocycles. The van der Waals surface area contributed by atoms with Crippen molar-refractivity contribution in [3.05, 3.63) is 29.7 Å². The molecule has 2 aliphatic heterocycles. The van der Waals surface area contributed by atoms with Crippen molar-refractivity contribution < 1.29 is 14.3 Å². The van der Waals surface area contributed by atoms with Crippen LogP contribution >= 0.6 is 11.3 Å². The summed E-state index contributed by atoms with van der Waals surface area (Å²) in [4.78, 5) is 39.5. The van der Waals surface area contributed by atoms with Crippen LogP contribution in [0.5, 0.6) is 0 Å². The van der Waals surface area contributed by atoms with Crippen molar-refractivity contribution in [3.63, 3.8) is 0 Å². The van der Waals surface area contributed by atoms with Gasteiger partial charge in [0.25, 0.3) is 5.91 Å². The Hall–Kier alpha value is -2.39. The maximum atomic E-state index is 12.6. The molecular weight excluding hydrogens is 354 g/mol. The Morgan fingerprint density at radius 3 is 2.88 bits per heavy atom. The van der Waals surface area contributed by atoms with Gasteiger partial charge in [-0.25, -0.2) is 4.98 Å². The van der Waals surface area contributed by atoms with Crippen LogP contribution in [0.25, 0.3) is 10.7 Å². The number of aromatic nitrogens is 3. The number of likely N-dealkylation sites (tertiary alicyclic amines) is 1. The van der Waals surface area contributed by atoms with Crippen LogP contribution in [0.15, 0.2) is 24.0 Å². The maximum Gasteiger partial charge on any atom is 0.271 e. The molecule has 0 bridgehead atoms. The van der Waals surface area contributed by atoms with Crippen molar-refractivity contribution >= 4 is 23.2 Å².